The fourth-order valence-electron chi connectivity index (χ4n) is 2.24. The molecule has 62 valence electrons. The molecule has 2 nitrogen and oxygen atoms in total. The summed E-state index contributed by atoms with van der Waals surface area (Å²) in [6, 6.07) is 0.701. The summed E-state index contributed by atoms with van der Waals surface area (Å²) in [5.41, 5.74) is 4.54. The van der Waals surface area contributed by atoms with Crippen LogP contribution in [0.2, 0.25) is 0 Å². The molecule has 2 aliphatic rings. The molecule has 0 spiro atoms. The maximum Gasteiger partial charge on any atom is 0.0471 e. The summed E-state index contributed by atoms with van der Waals surface area (Å²) in [4.78, 5) is 0. The normalized spacial score (nSPS) is 37.0. The SMILES string of the molecule is CC1=NNC2CCCCC2C1. The van der Waals surface area contributed by atoms with Gasteiger partial charge in [0, 0.05) is 11.8 Å². The molecular formula is C9H16N2. The molecule has 0 bridgehead atoms. The number of rotatable bonds is 0. The third-order valence-corrected chi connectivity index (χ3v) is 2.89. The molecule has 1 N–H and O–H groups in total. The second-order valence-electron chi connectivity index (χ2n) is 3.83. The topological polar surface area (TPSA) is 24.4 Å². The molecule has 1 aliphatic heterocycles. The van der Waals surface area contributed by atoms with Gasteiger partial charge in [0.1, 0.15) is 0 Å². The van der Waals surface area contributed by atoms with Crippen molar-refractivity contribution >= 4 is 5.71 Å². The molecule has 0 amide bonds. The highest BCUT2D eigenvalue weighted by atomic mass is 15.3. The largest absolute Gasteiger partial charge is 0.307 e. The van der Waals surface area contributed by atoms with E-state index in [4.69, 9.17) is 0 Å². The van der Waals surface area contributed by atoms with E-state index < -0.39 is 0 Å². The van der Waals surface area contributed by atoms with E-state index in [-0.39, 0.29) is 0 Å². The van der Waals surface area contributed by atoms with Gasteiger partial charge in [-0.1, -0.05) is 12.8 Å². The van der Waals surface area contributed by atoms with Gasteiger partial charge >= 0.3 is 0 Å². The highest BCUT2D eigenvalue weighted by Gasteiger charge is 2.27. The van der Waals surface area contributed by atoms with Crippen LogP contribution in [-0.2, 0) is 0 Å². The van der Waals surface area contributed by atoms with Crippen molar-refractivity contribution in [1.82, 2.24) is 5.43 Å². The number of nitrogens with zero attached hydrogens (tertiary/aromatic N) is 1. The van der Waals surface area contributed by atoms with Gasteiger partial charge in [0.25, 0.3) is 0 Å². The van der Waals surface area contributed by atoms with Crippen molar-refractivity contribution in [3.8, 4) is 0 Å². The fourth-order valence-corrected chi connectivity index (χ4v) is 2.24. The Morgan fingerprint density at radius 1 is 1.36 bits per heavy atom. The summed E-state index contributed by atoms with van der Waals surface area (Å²) < 4.78 is 0. The second kappa shape index (κ2) is 2.84. The molecule has 0 radical (unpaired) electrons. The van der Waals surface area contributed by atoms with Crippen LogP contribution in [0.3, 0.4) is 0 Å². The average molecular weight is 152 g/mol. The smallest absolute Gasteiger partial charge is 0.0471 e. The zero-order chi connectivity index (χ0) is 7.68. The van der Waals surface area contributed by atoms with Crippen LogP contribution in [0.5, 0.6) is 0 Å². The first-order valence-corrected chi connectivity index (χ1v) is 4.65. The van der Waals surface area contributed by atoms with Gasteiger partial charge in [0.05, 0.1) is 0 Å². The summed E-state index contributed by atoms with van der Waals surface area (Å²) in [5.74, 6) is 0.890. The molecular weight excluding hydrogens is 136 g/mol. The van der Waals surface area contributed by atoms with Crippen molar-refractivity contribution in [1.29, 1.82) is 0 Å². The first-order valence-electron chi connectivity index (χ1n) is 4.65. The Balaban J connectivity index is 2.04. The molecule has 1 aliphatic carbocycles. The number of hydrogen-bond donors (Lipinski definition) is 1. The third kappa shape index (κ3) is 1.39. The highest BCUT2D eigenvalue weighted by molar-refractivity contribution is 5.82. The molecule has 1 heterocycles. The lowest BCUT2D eigenvalue weighted by Gasteiger charge is -2.34. The van der Waals surface area contributed by atoms with Gasteiger partial charge in [-0.3, -0.25) is 0 Å². The van der Waals surface area contributed by atoms with Crippen LogP contribution in [0.25, 0.3) is 0 Å². The van der Waals surface area contributed by atoms with Gasteiger partial charge < -0.3 is 5.43 Å². The van der Waals surface area contributed by atoms with Gasteiger partial charge in [-0.2, -0.15) is 5.10 Å². The summed E-state index contributed by atoms with van der Waals surface area (Å²) in [6.07, 6.45) is 6.79. The fraction of sp³-hybridized carbons (Fsp3) is 0.889. The minimum Gasteiger partial charge on any atom is -0.307 e. The minimum atomic E-state index is 0.701. The number of nitrogens with one attached hydrogen (secondary N) is 1. The van der Waals surface area contributed by atoms with Crippen molar-refractivity contribution < 1.29 is 0 Å². The Labute approximate surface area is 68.1 Å². The quantitative estimate of drug-likeness (QED) is 0.563. The van der Waals surface area contributed by atoms with E-state index in [2.05, 4.69) is 17.5 Å². The maximum atomic E-state index is 4.28. The van der Waals surface area contributed by atoms with Crippen LogP contribution in [0.1, 0.15) is 39.0 Å². The zero-order valence-corrected chi connectivity index (χ0v) is 7.14. The van der Waals surface area contributed by atoms with Crippen molar-refractivity contribution in [2.45, 2.75) is 45.1 Å². The third-order valence-electron chi connectivity index (χ3n) is 2.89. The first kappa shape index (κ1) is 7.14. The summed E-state index contributed by atoms with van der Waals surface area (Å²) in [6.45, 7) is 2.12. The van der Waals surface area contributed by atoms with E-state index in [1.807, 2.05) is 0 Å². The molecule has 0 aromatic rings. The van der Waals surface area contributed by atoms with Crippen molar-refractivity contribution in [3.05, 3.63) is 0 Å². The second-order valence-corrected chi connectivity index (χ2v) is 3.83. The number of hydrogen-bond acceptors (Lipinski definition) is 2. The minimum absolute atomic E-state index is 0.701. The van der Waals surface area contributed by atoms with Gasteiger partial charge in [-0.25, -0.2) is 0 Å². The Bertz CT molecular complexity index is 174. The van der Waals surface area contributed by atoms with E-state index in [0.717, 1.165) is 5.92 Å². The van der Waals surface area contributed by atoms with E-state index in [0.29, 0.717) is 6.04 Å². The number of hydrazone groups is 1. The van der Waals surface area contributed by atoms with Crippen LogP contribution in [0.15, 0.2) is 5.10 Å². The molecule has 2 rings (SSSR count). The Morgan fingerprint density at radius 2 is 2.18 bits per heavy atom. The van der Waals surface area contributed by atoms with Crippen LogP contribution in [0, 0.1) is 5.92 Å². The van der Waals surface area contributed by atoms with Crippen LogP contribution >= 0.6 is 0 Å². The Kier molecular flexibility index (Phi) is 1.84. The van der Waals surface area contributed by atoms with Gasteiger partial charge in [0.2, 0.25) is 0 Å². The molecule has 0 saturated heterocycles. The van der Waals surface area contributed by atoms with Crippen LogP contribution < -0.4 is 5.43 Å². The Morgan fingerprint density at radius 3 is 3.09 bits per heavy atom. The highest BCUT2D eigenvalue weighted by Crippen LogP contribution is 2.29. The Hall–Kier alpha value is -0.530. The predicted octanol–water partition coefficient (Wildman–Crippen LogP) is 1.91. The molecule has 2 unspecified atom stereocenters. The van der Waals surface area contributed by atoms with Gasteiger partial charge in [-0.05, 0) is 32.1 Å². The molecule has 2 heteroatoms. The maximum absolute atomic E-state index is 4.28. The summed E-state index contributed by atoms with van der Waals surface area (Å²) >= 11 is 0. The lowest BCUT2D eigenvalue weighted by atomic mass is 9.81. The van der Waals surface area contributed by atoms with Crippen LogP contribution in [0.4, 0.5) is 0 Å². The molecule has 1 saturated carbocycles. The van der Waals surface area contributed by atoms with Crippen molar-refractivity contribution in [2.75, 3.05) is 0 Å². The van der Waals surface area contributed by atoms with E-state index in [1.54, 1.807) is 0 Å². The monoisotopic (exact) mass is 152 g/mol. The molecule has 2 atom stereocenters. The van der Waals surface area contributed by atoms with E-state index in [9.17, 15) is 0 Å². The molecule has 0 aromatic heterocycles. The molecule has 0 aromatic carbocycles. The number of fused-ring (bicyclic) bond motifs is 1. The zero-order valence-electron chi connectivity index (χ0n) is 7.14. The molecule has 11 heavy (non-hydrogen) atoms. The first-order chi connectivity index (χ1) is 5.36. The van der Waals surface area contributed by atoms with E-state index in [1.165, 1.54) is 37.8 Å². The molecule has 1 fully saturated rings. The summed E-state index contributed by atoms with van der Waals surface area (Å²) in [7, 11) is 0. The summed E-state index contributed by atoms with van der Waals surface area (Å²) in [5, 5.41) is 4.28. The van der Waals surface area contributed by atoms with Gasteiger partial charge in [-0.15, -0.1) is 0 Å². The van der Waals surface area contributed by atoms with Crippen molar-refractivity contribution in [2.24, 2.45) is 11.0 Å². The van der Waals surface area contributed by atoms with E-state index >= 15 is 0 Å². The lowest BCUT2D eigenvalue weighted by molar-refractivity contribution is 0.259. The van der Waals surface area contributed by atoms with Gasteiger partial charge in [0.15, 0.2) is 0 Å². The predicted molar refractivity (Wildman–Crippen MR) is 46.6 cm³/mol. The standard InChI is InChI=1S/C9H16N2/c1-7-6-8-4-2-3-5-9(8)11-10-7/h8-9,11H,2-6H2,1H3. The lowest BCUT2D eigenvalue weighted by Crippen LogP contribution is -2.40. The van der Waals surface area contributed by atoms with Crippen molar-refractivity contribution in [3.63, 3.8) is 0 Å². The van der Waals surface area contributed by atoms with Crippen LogP contribution in [-0.4, -0.2) is 11.8 Å². The average Bonchev–Trinajstić information content (AvgIpc) is 2.04.